The van der Waals surface area contributed by atoms with E-state index in [9.17, 15) is 9.59 Å². The zero-order valence-corrected chi connectivity index (χ0v) is 18.3. The van der Waals surface area contributed by atoms with Gasteiger partial charge in [-0.15, -0.1) is 0 Å². The van der Waals surface area contributed by atoms with Crippen LogP contribution in [0.2, 0.25) is 0 Å². The van der Waals surface area contributed by atoms with Crippen molar-refractivity contribution in [2.75, 3.05) is 44.2 Å². The van der Waals surface area contributed by atoms with E-state index in [0.717, 1.165) is 51.3 Å². The van der Waals surface area contributed by atoms with Crippen molar-refractivity contribution in [3.8, 4) is 5.75 Å². The molecule has 2 N–H and O–H groups in total. The van der Waals surface area contributed by atoms with Gasteiger partial charge in [-0.1, -0.05) is 37.3 Å². The zero-order valence-electron chi connectivity index (χ0n) is 18.3. The summed E-state index contributed by atoms with van der Waals surface area (Å²) in [5.41, 5.74) is 2.02. The molecular formula is C25H33N3O3+2. The first-order valence-electron chi connectivity index (χ1n) is 11.5. The van der Waals surface area contributed by atoms with Crippen molar-refractivity contribution in [3.05, 3.63) is 60.2 Å². The molecule has 0 aliphatic carbocycles. The fourth-order valence-corrected chi connectivity index (χ4v) is 4.62. The average Bonchev–Trinajstić information content (AvgIpc) is 3.11. The Kier molecular flexibility index (Phi) is 6.99. The SMILES string of the molecule is CCCOc1ccc(N2C(=O)C[C@@H]([NH+]3CC[NH+](CCc4ccccc4)CC3)C2=O)cc1. The van der Waals surface area contributed by atoms with Gasteiger partial charge in [-0.05, 0) is 36.2 Å². The Morgan fingerprint density at radius 2 is 1.68 bits per heavy atom. The number of nitrogens with zero attached hydrogens (tertiary/aromatic N) is 1. The second-order valence-corrected chi connectivity index (χ2v) is 8.56. The number of benzene rings is 2. The molecule has 0 unspecified atom stereocenters. The van der Waals surface area contributed by atoms with Crippen LogP contribution in [0.15, 0.2) is 54.6 Å². The number of anilines is 1. The molecule has 2 amide bonds. The van der Waals surface area contributed by atoms with Gasteiger partial charge >= 0.3 is 0 Å². The molecule has 0 saturated carbocycles. The van der Waals surface area contributed by atoms with Crippen LogP contribution in [0.3, 0.4) is 0 Å². The van der Waals surface area contributed by atoms with Gasteiger partial charge < -0.3 is 14.5 Å². The Bertz CT molecular complexity index is 877. The van der Waals surface area contributed by atoms with Crippen molar-refractivity contribution < 1.29 is 24.1 Å². The monoisotopic (exact) mass is 423 g/mol. The van der Waals surface area contributed by atoms with E-state index in [1.807, 2.05) is 24.3 Å². The van der Waals surface area contributed by atoms with Gasteiger partial charge in [0, 0.05) is 6.42 Å². The molecule has 31 heavy (non-hydrogen) atoms. The number of quaternary nitrogens is 2. The highest BCUT2D eigenvalue weighted by Crippen LogP contribution is 2.24. The lowest BCUT2D eigenvalue weighted by Crippen LogP contribution is -3.30. The lowest BCUT2D eigenvalue weighted by atomic mass is 10.1. The van der Waals surface area contributed by atoms with E-state index in [4.69, 9.17) is 4.74 Å². The number of carbonyl (C=O) groups is 2. The first-order chi connectivity index (χ1) is 15.2. The van der Waals surface area contributed by atoms with Gasteiger partial charge in [0.05, 0.1) is 25.3 Å². The molecule has 4 rings (SSSR count). The van der Waals surface area contributed by atoms with Crippen molar-refractivity contribution in [2.45, 2.75) is 32.2 Å². The van der Waals surface area contributed by atoms with E-state index >= 15 is 0 Å². The maximum Gasteiger partial charge on any atom is 0.292 e. The number of imide groups is 1. The van der Waals surface area contributed by atoms with E-state index in [2.05, 4.69) is 37.3 Å². The number of nitrogens with one attached hydrogen (secondary N) is 2. The van der Waals surface area contributed by atoms with E-state index in [-0.39, 0.29) is 17.9 Å². The van der Waals surface area contributed by atoms with Crippen LogP contribution >= 0.6 is 0 Å². The summed E-state index contributed by atoms with van der Waals surface area (Å²) in [4.78, 5) is 30.0. The van der Waals surface area contributed by atoms with Gasteiger partial charge in [-0.2, -0.15) is 0 Å². The number of piperazine rings is 1. The molecule has 2 saturated heterocycles. The van der Waals surface area contributed by atoms with Gasteiger partial charge in [0.1, 0.15) is 31.9 Å². The Hall–Kier alpha value is -2.70. The van der Waals surface area contributed by atoms with Crippen LogP contribution in [-0.4, -0.2) is 57.2 Å². The van der Waals surface area contributed by atoms with Crippen LogP contribution in [0.1, 0.15) is 25.3 Å². The molecule has 6 nitrogen and oxygen atoms in total. The van der Waals surface area contributed by atoms with Crippen LogP contribution in [0.4, 0.5) is 5.69 Å². The molecule has 2 aliphatic rings. The minimum atomic E-state index is -0.251. The highest BCUT2D eigenvalue weighted by Gasteiger charge is 2.46. The fourth-order valence-electron chi connectivity index (χ4n) is 4.62. The first kappa shape index (κ1) is 21.5. The molecule has 164 valence electrons. The van der Waals surface area contributed by atoms with E-state index in [1.165, 1.54) is 15.4 Å². The Morgan fingerprint density at radius 1 is 0.968 bits per heavy atom. The molecule has 2 aromatic carbocycles. The van der Waals surface area contributed by atoms with Gasteiger partial charge in [-0.25, -0.2) is 4.90 Å². The van der Waals surface area contributed by atoms with Crippen LogP contribution in [0, 0.1) is 0 Å². The summed E-state index contributed by atoms with van der Waals surface area (Å²) in [6, 6.07) is 17.6. The van der Waals surface area contributed by atoms with E-state index < -0.39 is 0 Å². The Balaban J connectivity index is 1.31. The number of hydrogen-bond donors (Lipinski definition) is 2. The molecule has 0 bridgehead atoms. The summed E-state index contributed by atoms with van der Waals surface area (Å²) in [6.45, 7) is 7.80. The van der Waals surface area contributed by atoms with Crippen molar-refractivity contribution in [1.82, 2.24) is 0 Å². The standard InChI is InChI=1S/C25H31N3O3/c1-2-18-31-22-10-8-21(9-11-22)28-24(29)19-23(25(28)30)27-16-14-26(15-17-27)13-12-20-6-4-3-5-7-20/h3-11,23H,2,12-19H2,1H3/p+2/t23-/m1/s1. The maximum absolute atomic E-state index is 13.1. The molecule has 6 heteroatoms. The van der Waals surface area contributed by atoms with Gasteiger partial charge in [0.15, 0.2) is 6.04 Å². The van der Waals surface area contributed by atoms with Crippen molar-refractivity contribution >= 4 is 17.5 Å². The molecular weight excluding hydrogens is 390 g/mol. The van der Waals surface area contributed by atoms with Gasteiger partial charge in [-0.3, -0.25) is 9.59 Å². The summed E-state index contributed by atoms with van der Waals surface area (Å²) in [5.74, 6) is 0.611. The highest BCUT2D eigenvalue weighted by molar-refractivity contribution is 6.21. The Morgan fingerprint density at radius 3 is 2.35 bits per heavy atom. The highest BCUT2D eigenvalue weighted by atomic mass is 16.5. The van der Waals surface area contributed by atoms with Crippen molar-refractivity contribution in [2.24, 2.45) is 0 Å². The Labute approximate surface area is 184 Å². The third-order valence-electron chi connectivity index (χ3n) is 6.42. The molecule has 2 fully saturated rings. The van der Waals surface area contributed by atoms with Gasteiger partial charge in [0.2, 0.25) is 5.91 Å². The number of hydrogen-bond acceptors (Lipinski definition) is 3. The minimum absolute atomic E-state index is 0.0602. The molecule has 1 atom stereocenters. The second kappa shape index (κ2) is 10.1. The number of rotatable bonds is 8. The predicted molar refractivity (Wildman–Crippen MR) is 120 cm³/mol. The summed E-state index contributed by atoms with van der Waals surface area (Å²) in [6.07, 6.45) is 2.33. The molecule has 2 aromatic rings. The van der Waals surface area contributed by atoms with E-state index in [1.54, 1.807) is 4.90 Å². The minimum Gasteiger partial charge on any atom is -0.494 e. The van der Waals surface area contributed by atoms with Crippen LogP contribution in [0.25, 0.3) is 0 Å². The van der Waals surface area contributed by atoms with Gasteiger partial charge in [0.25, 0.3) is 5.91 Å². The molecule has 2 aliphatic heterocycles. The number of carbonyl (C=O) groups excluding carboxylic acids is 2. The molecule has 2 heterocycles. The summed E-state index contributed by atoms with van der Waals surface area (Å²) < 4.78 is 5.61. The largest absolute Gasteiger partial charge is 0.494 e. The first-order valence-corrected chi connectivity index (χ1v) is 11.5. The van der Waals surface area contributed by atoms with Crippen LogP contribution in [-0.2, 0) is 16.0 Å². The summed E-state index contributed by atoms with van der Waals surface area (Å²) in [7, 11) is 0. The maximum atomic E-state index is 13.1. The number of amides is 2. The van der Waals surface area contributed by atoms with Crippen molar-refractivity contribution in [1.29, 1.82) is 0 Å². The lowest BCUT2D eigenvalue weighted by molar-refractivity contribution is -1.02. The zero-order chi connectivity index (χ0) is 21.6. The predicted octanol–water partition coefficient (Wildman–Crippen LogP) is 0.133. The molecule has 0 radical (unpaired) electrons. The second-order valence-electron chi connectivity index (χ2n) is 8.56. The quantitative estimate of drug-likeness (QED) is 0.594. The third-order valence-corrected chi connectivity index (χ3v) is 6.42. The average molecular weight is 424 g/mol. The summed E-state index contributed by atoms with van der Waals surface area (Å²) in [5, 5.41) is 0. The molecule has 0 spiro atoms. The van der Waals surface area contributed by atoms with Crippen molar-refractivity contribution in [3.63, 3.8) is 0 Å². The molecule has 0 aromatic heterocycles. The topological polar surface area (TPSA) is 55.5 Å². The normalized spacial score (nSPS) is 23.9. The summed E-state index contributed by atoms with van der Waals surface area (Å²) >= 11 is 0. The van der Waals surface area contributed by atoms with Crippen LogP contribution < -0.4 is 19.4 Å². The number of ether oxygens (including phenoxy) is 1. The van der Waals surface area contributed by atoms with E-state index in [0.29, 0.717) is 18.7 Å². The van der Waals surface area contributed by atoms with Crippen LogP contribution in [0.5, 0.6) is 5.75 Å². The lowest BCUT2D eigenvalue weighted by Gasteiger charge is -2.32. The smallest absolute Gasteiger partial charge is 0.292 e. The third kappa shape index (κ3) is 5.14. The fraction of sp³-hybridized carbons (Fsp3) is 0.440.